The van der Waals surface area contributed by atoms with Crippen LogP contribution in [0.3, 0.4) is 0 Å². The molecule has 4 nitrogen and oxygen atoms in total. The van der Waals surface area contributed by atoms with E-state index in [9.17, 15) is 4.79 Å². The van der Waals surface area contributed by atoms with Gasteiger partial charge in [0.15, 0.2) is 0 Å². The van der Waals surface area contributed by atoms with Gasteiger partial charge in [0.2, 0.25) is 5.91 Å². The van der Waals surface area contributed by atoms with E-state index in [2.05, 4.69) is 55.9 Å². The van der Waals surface area contributed by atoms with E-state index in [0.717, 1.165) is 40.7 Å². The fraction of sp³-hybridized carbons (Fsp3) is 0.500. The molecule has 1 aromatic carbocycles. The van der Waals surface area contributed by atoms with Crippen molar-refractivity contribution in [2.75, 3.05) is 26.2 Å². The van der Waals surface area contributed by atoms with E-state index in [-0.39, 0.29) is 5.91 Å². The molecule has 0 aliphatic heterocycles. The third kappa shape index (κ3) is 5.16. The molecule has 0 fully saturated rings. The number of nitrogens with two attached hydrogens (primary N) is 1. The Bertz CT molecular complexity index is 450. The summed E-state index contributed by atoms with van der Waals surface area (Å²) in [5.41, 5.74) is 6.36. The summed E-state index contributed by atoms with van der Waals surface area (Å²) >= 11 is 6.86. The Morgan fingerprint density at radius 3 is 2.45 bits per heavy atom. The number of hydrogen-bond acceptors (Lipinski definition) is 3. The lowest BCUT2D eigenvalue weighted by molar-refractivity contribution is -0.120. The van der Waals surface area contributed by atoms with Crippen LogP contribution < -0.4 is 11.1 Å². The summed E-state index contributed by atoms with van der Waals surface area (Å²) in [6.07, 6.45) is 0. The first-order valence-electron chi connectivity index (χ1n) is 6.69. The minimum Gasteiger partial charge on any atom is -0.368 e. The second kappa shape index (κ2) is 8.77. The number of nitrogens with zero attached hydrogens (tertiary/aromatic N) is 1. The highest BCUT2D eigenvalue weighted by atomic mass is 79.9. The molecule has 1 unspecified atom stereocenters. The van der Waals surface area contributed by atoms with Gasteiger partial charge in [-0.1, -0.05) is 19.9 Å². The second-order valence-corrected chi connectivity index (χ2v) is 6.20. The maximum atomic E-state index is 11.6. The fourth-order valence-corrected chi connectivity index (χ4v) is 2.62. The molecule has 0 radical (unpaired) electrons. The smallest absolute Gasteiger partial charge is 0.239 e. The van der Waals surface area contributed by atoms with Crippen LogP contribution in [0.15, 0.2) is 27.1 Å². The van der Waals surface area contributed by atoms with Crippen molar-refractivity contribution in [1.29, 1.82) is 0 Å². The number of amides is 1. The lowest BCUT2D eigenvalue weighted by Crippen LogP contribution is -2.38. The van der Waals surface area contributed by atoms with Crippen molar-refractivity contribution >= 4 is 37.8 Å². The van der Waals surface area contributed by atoms with E-state index in [0.29, 0.717) is 0 Å². The molecule has 6 heteroatoms. The largest absolute Gasteiger partial charge is 0.368 e. The van der Waals surface area contributed by atoms with Crippen LogP contribution in [0.1, 0.15) is 25.5 Å². The molecule has 1 atom stereocenters. The molecule has 0 bridgehead atoms. The average Bonchev–Trinajstić information content (AvgIpc) is 2.42. The number of hydrogen-bond donors (Lipinski definition) is 2. The van der Waals surface area contributed by atoms with Crippen LogP contribution in [-0.2, 0) is 4.79 Å². The molecule has 0 spiro atoms. The van der Waals surface area contributed by atoms with Gasteiger partial charge in [-0.2, -0.15) is 0 Å². The summed E-state index contributed by atoms with van der Waals surface area (Å²) in [4.78, 5) is 13.9. The quantitative estimate of drug-likeness (QED) is 0.697. The molecule has 1 rings (SSSR count). The second-order valence-electron chi connectivity index (χ2n) is 4.49. The molecular weight excluding hydrogens is 386 g/mol. The highest BCUT2D eigenvalue weighted by Gasteiger charge is 2.18. The Hall–Kier alpha value is -0.430. The number of likely N-dealkylation sites (N-methyl/N-ethyl adjacent to an activating group) is 1. The predicted octanol–water partition coefficient (Wildman–Crippen LogP) is 2.67. The van der Waals surface area contributed by atoms with Crippen molar-refractivity contribution in [2.45, 2.75) is 19.9 Å². The lowest BCUT2D eigenvalue weighted by atomic mass is 10.1. The van der Waals surface area contributed by atoms with E-state index in [4.69, 9.17) is 5.73 Å². The summed E-state index contributed by atoms with van der Waals surface area (Å²) < 4.78 is 1.86. The number of carbonyl (C=O) groups is 1. The summed E-state index contributed by atoms with van der Waals surface area (Å²) in [6, 6.07) is 5.25. The Morgan fingerprint density at radius 1 is 1.30 bits per heavy atom. The van der Waals surface area contributed by atoms with Gasteiger partial charge in [0.25, 0.3) is 0 Å². The summed E-state index contributed by atoms with van der Waals surface area (Å²) in [5, 5.41) is 3.23. The van der Waals surface area contributed by atoms with Gasteiger partial charge in [-0.3, -0.25) is 4.79 Å². The Balaban J connectivity index is 2.69. The Morgan fingerprint density at radius 2 is 1.95 bits per heavy atom. The van der Waals surface area contributed by atoms with E-state index >= 15 is 0 Å². The van der Waals surface area contributed by atoms with Crippen molar-refractivity contribution in [3.63, 3.8) is 0 Å². The number of carbonyl (C=O) groups excluding carboxylic acids is 1. The van der Waals surface area contributed by atoms with E-state index in [1.807, 2.05) is 18.2 Å². The molecule has 0 saturated heterocycles. The molecule has 0 aliphatic carbocycles. The van der Waals surface area contributed by atoms with Gasteiger partial charge in [0, 0.05) is 22.0 Å². The molecule has 0 aromatic heterocycles. The van der Waals surface area contributed by atoms with Gasteiger partial charge >= 0.3 is 0 Å². The van der Waals surface area contributed by atoms with Crippen LogP contribution in [0.2, 0.25) is 0 Å². The van der Waals surface area contributed by atoms with Crippen LogP contribution in [0, 0.1) is 0 Å². The monoisotopic (exact) mass is 405 g/mol. The zero-order valence-electron chi connectivity index (χ0n) is 11.8. The molecule has 0 heterocycles. The van der Waals surface area contributed by atoms with E-state index in [1.165, 1.54) is 0 Å². The first-order chi connectivity index (χ1) is 9.49. The molecule has 0 aliphatic rings. The SMILES string of the molecule is CCN(CC)CCNC(C(N)=O)c1ccc(Br)c(Br)c1. The zero-order chi connectivity index (χ0) is 15.1. The van der Waals surface area contributed by atoms with Crippen molar-refractivity contribution < 1.29 is 4.79 Å². The molecule has 20 heavy (non-hydrogen) atoms. The number of primary amides is 1. The van der Waals surface area contributed by atoms with Gasteiger partial charge in [-0.05, 0) is 62.6 Å². The summed E-state index contributed by atoms with van der Waals surface area (Å²) in [7, 11) is 0. The highest BCUT2D eigenvalue weighted by molar-refractivity contribution is 9.13. The predicted molar refractivity (Wildman–Crippen MR) is 89.6 cm³/mol. The summed E-state index contributed by atoms with van der Waals surface area (Å²) in [6.45, 7) is 7.88. The zero-order valence-corrected chi connectivity index (χ0v) is 15.0. The van der Waals surface area contributed by atoms with Gasteiger partial charge in [-0.15, -0.1) is 0 Å². The molecule has 3 N–H and O–H groups in total. The standard InChI is InChI=1S/C14H21Br2N3O/c1-3-19(4-2)8-7-18-13(14(17)20)10-5-6-11(15)12(16)9-10/h5-6,9,13,18H,3-4,7-8H2,1-2H3,(H2,17,20). The van der Waals surface area contributed by atoms with Crippen molar-refractivity contribution in [3.8, 4) is 0 Å². The van der Waals surface area contributed by atoms with Crippen LogP contribution in [0.5, 0.6) is 0 Å². The number of benzene rings is 1. The fourth-order valence-electron chi connectivity index (χ4n) is 1.98. The Labute approximate surface area is 137 Å². The van der Waals surface area contributed by atoms with E-state index in [1.54, 1.807) is 0 Å². The maximum absolute atomic E-state index is 11.6. The van der Waals surface area contributed by atoms with Crippen LogP contribution in [0.4, 0.5) is 0 Å². The normalized spacial score (nSPS) is 12.7. The molecule has 112 valence electrons. The lowest BCUT2D eigenvalue weighted by Gasteiger charge is -2.21. The van der Waals surface area contributed by atoms with Gasteiger partial charge < -0.3 is 16.0 Å². The summed E-state index contributed by atoms with van der Waals surface area (Å²) in [5.74, 6) is -0.362. The minimum atomic E-state index is -0.463. The number of nitrogens with one attached hydrogen (secondary N) is 1. The highest BCUT2D eigenvalue weighted by Crippen LogP contribution is 2.26. The molecular formula is C14H21Br2N3O. The molecule has 1 amide bonds. The first-order valence-corrected chi connectivity index (χ1v) is 8.28. The van der Waals surface area contributed by atoms with Crippen molar-refractivity contribution in [2.24, 2.45) is 5.73 Å². The Kier molecular flexibility index (Phi) is 7.72. The van der Waals surface area contributed by atoms with Gasteiger partial charge in [0.1, 0.15) is 6.04 Å². The van der Waals surface area contributed by atoms with Crippen molar-refractivity contribution in [1.82, 2.24) is 10.2 Å². The minimum absolute atomic E-state index is 0.362. The van der Waals surface area contributed by atoms with Crippen LogP contribution >= 0.6 is 31.9 Å². The van der Waals surface area contributed by atoms with Gasteiger partial charge in [0.05, 0.1) is 0 Å². The van der Waals surface area contributed by atoms with Crippen molar-refractivity contribution in [3.05, 3.63) is 32.7 Å². The third-order valence-electron chi connectivity index (χ3n) is 3.23. The third-order valence-corrected chi connectivity index (χ3v) is 5.11. The topological polar surface area (TPSA) is 58.4 Å². The maximum Gasteiger partial charge on any atom is 0.239 e. The van der Waals surface area contributed by atoms with E-state index < -0.39 is 6.04 Å². The number of rotatable bonds is 8. The van der Waals surface area contributed by atoms with Gasteiger partial charge in [-0.25, -0.2) is 0 Å². The number of halogens is 2. The molecule has 0 saturated carbocycles. The first kappa shape index (κ1) is 17.6. The molecule has 1 aromatic rings. The van der Waals surface area contributed by atoms with Crippen LogP contribution in [0.25, 0.3) is 0 Å². The average molecular weight is 407 g/mol. The van der Waals surface area contributed by atoms with Crippen LogP contribution in [-0.4, -0.2) is 37.0 Å².